The summed E-state index contributed by atoms with van der Waals surface area (Å²) < 4.78 is 0. The van der Waals surface area contributed by atoms with Crippen molar-refractivity contribution in [2.45, 2.75) is 24.4 Å². The average molecular weight is 284 g/mol. The van der Waals surface area contributed by atoms with Gasteiger partial charge in [0.2, 0.25) is 0 Å². The third-order valence-electron chi connectivity index (χ3n) is 4.24. The van der Waals surface area contributed by atoms with Gasteiger partial charge < -0.3 is 10.0 Å². The van der Waals surface area contributed by atoms with E-state index in [9.17, 15) is 9.90 Å². The summed E-state index contributed by atoms with van der Waals surface area (Å²) in [6.07, 6.45) is 2.14. The number of likely N-dealkylation sites (tertiary alicyclic amines) is 1. The molecule has 0 bridgehead atoms. The highest BCUT2D eigenvalue weighted by molar-refractivity contribution is 5.94. The maximum Gasteiger partial charge on any atom is 0.276 e. The van der Waals surface area contributed by atoms with E-state index in [0.29, 0.717) is 24.7 Å². The van der Waals surface area contributed by atoms with Crippen LogP contribution >= 0.6 is 0 Å². The summed E-state index contributed by atoms with van der Waals surface area (Å²) >= 11 is 0. The van der Waals surface area contributed by atoms with Crippen LogP contribution in [0.25, 0.3) is 0 Å². The molecule has 6 nitrogen and oxygen atoms in total. The Morgan fingerprint density at radius 2 is 1.95 bits per heavy atom. The number of nitrogens with one attached hydrogen (secondary N) is 1. The van der Waals surface area contributed by atoms with Crippen molar-refractivity contribution in [2.75, 3.05) is 13.1 Å². The molecule has 1 saturated carbocycles. The molecule has 0 unspecified atom stereocenters. The van der Waals surface area contributed by atoms with Gasteiger partial charge in [0.25, 0.3) is 5.91 Å². The second-order valence-corrected chi connectivity index (χ2v) is 5.89. The molecule has 1 aliphatic carbocycles. The van der Waals surface area contributed by atoms with Crippen LogP contribution in [0.4, 0.5) is 0 Å². The number of H-pyrrole nitrogens is 1. The Balaban J connectivity index is 1.50. The van der Waals surface area contributed by atoms with Gasteiger partial charge in [-0.15, -0.1) is 0 Å². The monoisotopic (exact) mass is 284 g/mol. The fourth-order valence-corrected chi connectivity index (χ4v) is 2.85. The summed E-state index contributed by atoms with van der Waals surface area (Å²) in [7, 11) is 0. The van der Waals surface area contributed by atoms with Gasteiger partial charge in [0.1, 0.15) is 5.60 Å². The number of aromatic amines is 1. The SMILES string of the molecule is O=C(c1n[nH]nc1C1CC1)N1CC(O)(c2ccccc2)C1. The molecule has 6 heteroatoms. The lowest BCUT2D eigenvalue weighted by molar-refractivity contribution is -0.0865. The van der Waals surface area contributed by atoms with E-state index in [1.54, 1.807) is 4.90 Å². The Morgan fingerprint density at radius 3 is 2.62 bits per heavy atom. The highest BCUT2D eigenvalue weighted by Gasteiger charge is 2.46. The Hall–Kier alpha value is -2.21. The number of aliphatic hydroxyl groups is 1. The van der Waals surface area contributed by atoms with E-state index < -0.39 is 5.60 Å². The first-order chi connectivity index (χ1) is 10.2. The van der Waals surface area contributed by atoms with Crippen molar-refractivity contribution >= 4 is 5.91 Å². The van der Waals surface area contributed by atoms with Crippen LogP contribution in [0.3, 0.4) is 0 Å². The molecule has 0 radical (unpaired) electrons. The van der Waals surface area contributed by atoms with Crippen LogP contribution in [0.1, 0.15) is 40.5 Å². The molecule has 2 fully saturated rings. The predicted molar refractivity (Wildman–Crippen MR) is 74.6 cm³/mol. The molecular weight excluding hydrogens is 268 g/mol. The van der Waals surface area contributed by atoms with Crippen molar-refractivity contribution < 1.29 is 9.90 Å². The van der Waals surface area contributed by atoms with Crippen LogP contribution in [0.15, 0.2) is 30.3 Å². The quantitative estimate of drug-likeness (QED) is 0.882. The third kappa shape index (κ3) is 2.03. The average Bonchev–Trinajstić information content (AvgIpc) is 3.21. The molecule has 4 rings (SSSR count). The van der Waals surface area contributed by atoms with Crippen molar-refractivity contribution in [3.8, 4) is 0 Å². The van der Waals surface area contributed by atoms with Crippen molar-refractivity contribution in [3.05, 3.63) is 47.3 Å². The van der Waals surface area contributed by atoms with Gasteiger partial charge in [-0.05, 0) is 18.4 Å². The smallest absolute Gasteiger partial charge is 0.276 e. The lowest BCUT2D eigenvalue weighted by Crippen LogP contribution is -2.61. The van der Waals surface area contributed by atoms with Crippen LogP contribution in [0.2, 0.25) is 0 Å². The number of aromatic nitrogens is 3. The Bertz CT molecular complexity index is 672. The molecule has 1 aromatic carbocycles. The summed E-state index contributed by atoms with van der Waals surface area (Å²) in [5, 5.41) is 21.2. The molecule has 2 aliphatic rings. The molecule has 108 valence electrons. The van der Waals surface area contributed by atoms with E-state index in [0.717, 1.165) is 24.1 Å². The molecule has 0 spiro atoms. The van der Waals surface area contributed by atoms with Gasteiger partial charge in [-0.1, -0.05) is 30.3 Å². The summed E-state index contributed by atoms with van der Waals surface area (Å²) in [5.74, 6) is 0.225. The maximum atomic E-state index is 12.5. The number of carbonyl (C=O) groups is 1. The number of hydrogen-bond acceptors (Lipinski definition) is 4. The maximum absolute atomic E-state index is 12.5. The van der Waals surface area contributed by atoms with Crippen LogP contribution in [-0.2, 0) is 5.60 Å². The van der Waals surface area contributed by atoms with Gasteiger partial charge in [0, 0.05) is 5.92 Å². The van der Waals surface area contributed by atoms with E-state index in [4.69, 9.17) is 0 Å². The molecule has 1 aliphatic heterocycles. The zero-order chi connectivity index (χ0) is 14.4. The highest BCUT2D eigenvalue weighted by Crippen LogP contribution is 2.41. The molecule has 2 N–H and O–H groups in total. The summed E-state index contributed by atoms with van der Waals surface area (Å²) in [5.41, 5.74) is 1.08. The van der Waals surface area contributed by atoms with E-state index >= 15 is 0 Å². The van der Waals surface area contributed by atoms with Gasteiger partial charge in [0.15, 0.2) is 5.69 Å². The molecule has 1 amide bonds. The minimum Gasteiger partial charge on any atom is -0.381 e. The molecule has 0 atom stereocenters. The number of carbonyl (C=O) groups excluding carboxylic acids is 1. The van der Waals surface area contributed by atoms with E-state index in [1.165, 1.54) is 0 Å². The van der Waals surface area contributed by atoms with Crippen LogP contribution in [0.5, 0.6) is 0 Å². The first-order valence-corrected chi connectivity index (χ1v) is 7.15. The highest BCUT2D eigenvalue weighted by atomic mass is 16.3. The van der Waals surface area contributed by atoms with Crippen molar-refractivity contribution in [3.63, 3.8) is 0 Å². The second-order valence-electron chi connectivity index (χ2n) is 5.89. The molecule has 21 heavy (non-hydrogen) atoms. The Kier molecular flexibility index (Phi) is 2.62. The van der Waals surface area contributed by atoms with Gasteiger partial charge >= 0.3 is 0 Å². The van der Waals surface area contributed by atoms with Crippen molar-refractivity contribution in [2.24, 2.45) is 0 Å². The van der Waals surface area contributed by atoms with Crippen molar-refractivity contribution in [1.82, 2.24) is 20.3 Å². The number of β-amino-alcohol motifs (C(OH)–C–C–N with tert-alkyl or cyclic N) is 1. The number of benzene rings is 1. The lowest BCUT2D eigenvalue weighted by atomic mass is 9.86. The zero-order valence-corrected chi connectivity index (χ0v) is 11.5. The molecular formula is C15H16N4O2. The molecule has 1 aromatic heterocycles. The summed E-state index contributed by atoms with van der Waals surface area (Å²) in [6, 6.07) is 9.45. The van der Waals surface area contributed by atoms with Crippen molar-refractivity contribution in [1.29, 1.82) is 0 Å². The second kappa shape index (κ2) is 4.39. The van der Waals surface area contributed by atoms with Crippen LogP contribution in [0, 0.1) is 0 Å². The van der Waals surface area contributed by atoms with Gasteiger partial charge in [-0.3, -0.25) is 4.79 Å². The predicted octanol–water partition coefficient (Wildman–Crippen LogP) is 1.03. The number of hydrogen-bond donors (Lipinski definition) is 2. The minimum absolute atomic E-state index is 0.147. The Labute approximate surface area is 121 Å². The number of amides is 1. The molecule has 2 aromatic rings. The van der Waals surface area contributed by atoms with Gasteiger partial charge in [-0.25, -0.2) is 0 Å². The summed E-state index contributed by atoms with van der Waals surface area (Å²) in [6.45, 7) is 0.597. The first kappa shape index (κ1) is 12.5. The fourth-order valence-electron chi connectivity index (χ4n) is 2.85. The third-order valence-corrected chi connectivity index (χ3v) is 4.24. The normalized spacial score (nSPS) is 20.1. The Morgan fingerprint density at radius 1 is 1.24 bits per heavy atom. The number of nitrogens with zero attached hydrogens (tertiary/aromatic N) is 3. The van der Waals surface area contributed by atoms with Crippen LogP contribution < -0.4 is 0 Å². The minimum atomic E-state index is -0.944. The van der Waals surface area contributed by atoms with E-state index in [2.05, 4.69) is 15.4 Å². The largest absolute Gasteiger partial charge is 0.381 e. The first-order valence-electron chi connectivity index (χ1n) is 7.15. The van der Waals surface area contributed by atoms with E-state index in [1.807, 2.05) is 30.3 Å². The number of rotatable bonds is 3. The fraction of sp³-hybridized carbons (Fsp3) is 0.400. The molecule has 2 heterocycles. The standard InChI is InChI=1S/C15H16N4O2/c20-14(13-12(10-6-7-10)16-18-17-13)19-8-15(21,9-19)11-4-2-1-3-5-11/h1-5,10,21H,6-9H2,(H,16,17,18). The van der Waals surface area contributed by atoms with Gasteiger partial charge in [-0.2, -0.15) is 15.4 Å². The lowest BCUT2D eigenvalue weighted by Gasteiger charge is -2.46. The zero-order valence-electron chi connectivity index (χ0n) is 11.5. The summed E-state index contributed by atoms with van der Waals surface area (Å²) in [4.78, 5) is 14.1. The van der Waals surface area contributed by atoms with E-state index in [-0.39, 0.29) is 5.91 Å². The van der Waals surface area contributed by atoms with Gasteiger partial charge in [0.05, 0.1) is 18.8 Å². The van der Waals surface area contributed by atoms with Crippen LogP contribution in [-0.4, -0.2) is 44.4 Å². The molecule has 1 saturated heterocycles. The topological polar surface area (TPSA) is 82.1 Å².